The van der Waals surface area contributed by atoms with Gasteiger partial charge in [-0.1, -0.05) is 19.9 Å². The summed E-state index contributed by atoms with van der Waals surface area (Å²) in [4.78, 5) is 16.0. The molecule has 0 saturated carbocycles. The zero-order valence-corrected chi connectivity index (χ0v) is 8.33. The lowest BCUT2D eigenvalue weighted by Gasteiger charge is -2.07. The summed E-state index contributed by atoms with van der Waals surface area (Å²) in [6.07, 6.45) is 1.42. The van der Waals surface area contributed by atoms with Crippen molar-refractivity contribution in [3.63, 3.8) is 0 Å². The Balaban J connectivity index is 3.69. The molecule has 0 aromatic heterocycles. The lowest BCUT2D eigenvalue weighted by atomic mass is 10.2. The first-order chi connectivity index (χ1) is 6.07. The minimum Gasteiger partial charge on any atom is -0.392 e. The lowest BCUT2D eigenvalue weighted by molar-refractivity contribution is -0.130. The van der Waals surface area contributed by atoms with Crippen LogP contribution in [0.2, 0.25) is 0 Å². The minimum absolute atomic E-state index is 0.135. The Morgan fingerprint density at radius 1 is 1.62 bits per heavy atom. The van der Waals surface area contributed by atoms with Gasteiger partial charge in [0, 0.05) is 5.57 Å². The molecule has 0 aromatic rings. The largest absolute Gasteiger partial charge is 0.392 e. The van der Waals surface area contributed by atoms with Crippen molar-refractivity contribution in [1.29, 1.82) is 0 Å². The maximum Gasteiger partial charge on any atom is 0.270 e. The van der Waals surface area contributed by atoms with Crippen molar-refractivity contribution in [3.8, 4) is 0 Å². The summed E-state index contributed by atoms with van der Waals surface area (Å²) in [5.74, 6) is 0.0668. The van der Waals surface area contributed by atoms with E-state index in [0.717, 1.165) is 0 Å². The maximum absolute atomic E-state index is 11.1. The Bertz CT molecular complexity index is 187. The van der Waals surface area contributed by atoms with E-state index in [1.807, 2.05) is 13.8 Å². The number of nitrogens with one attached hydrogen (secondary N) is 1. The minimum atomic E-state index is -0.310. The first-order valence-corrected chi connectivity index (χ1v) is 4.27. The van der Waals surface area contributed by atoms with Crippen LogP contribution < -0.4 is 5.48 Å². The van der Waals surface area contributed by atoms with E-state index in [2.05, 4.69) is 5.48 Å². The molecule has 0 aliphatic heterocycles. The third-order valence-corrected chi connectivity index (χ3v) is 1.34. The molecule has 1 amide bonds. The molecule has 0 saturated heterocycles. The van der Waals surface area contributed by atoms with E-state index in [9.17, 15) is 4.79 Å². The van der Waals surface area contributed by atoms with Gasteiger partial charge in [0.15, 0.2) is 0 Å². The molecule has 0 fully saturated rings. The molecule has 0 bridgehead atoms. The zero-order valence-electron chi connectivity index (χ0n) is 8.33. The summed E-state index contributed by atoms with van der Waals surface area (Å²) >= 11 is 0. The van der Waals surface area contributed by atoms with Gasteiger partial charge in [-0.05, 0) is 12.8 Å². The van der Waals surface area contributed by atoms with Crippen LogP contribution in [0.1, 0.15) is 20.8 Å². The monoisotopic (exact) mass is 187 g/mol. The third-order valence-electron chi connectivity index (χ3n) is 1.34. The summed E-state index contributed by atoms with van der Waals surface area (Å²) in [5.41, 5.74) is 2.73. The highest BCUT2D eigenvalue weighted by molar-refractivity contribution is 5.91. The maximum atomic E-state index is 11.1. The molecule has 0 aliphatic rings. The lowest BCUT2D eigenvalue weighted by Crippen LogP contribution is -2.26. The van der Waals surface area contributed by atoms with Crippen molar-refractivity contribution in [2.45, 2.75) is 20.8 Å². The number of hydrogen-bond donors (Lipinski definition) is 2. The Hall–Kier alpha value is -0.870. The fourth-order valence-electron chi connectivity index (χ4n) is 0.584. The quantitative estimate of drug-likeness (QED) is 0.490. The molecule has 0 rings (SSSR count). The van der Waals surface area contributed by atoms with Gasteiger partial charge in [-0.15, -0.1) is 0 Å². The van der Waals surface area contributed by atoms with Crippen LogP contribution in [0.5, 0.6) is 0 Å². The fourth-order valence-corrected chi connectivity index (χ4v) is 0.584. The summed E-state index contributed by atoms with van der Waals surface area (Å²) in [7, 11) is 0. The molecule has 0 aliphatic carbocycles. The number of carbonyl (C=O) groups excluding carboxylic acids is 1. The van der Waals surface area contributed by atoms with Crippen LogP contribution in [0, 0.1) is 5.92 Å². The topological polar surface area (TPSA) is 58.6 Å². The summed E-state index contributed by atoms with van der Waals surface area (Å²) < 4.78 is 0. The van der Waals surface area contributed by atoms with Crippen molar-refractivity contribution in [2.24, 2.45) is 5.92 Å². The predicted octanol–water partition coefficient (Wildman–Crippen LogP) is 0.629. The van der Waals surface area contributed by atoms with Crippen LogP contribution in [-0.2, 0) is 9.63 Å². The second-order valence-electron chi connectivity index (χ2n) is 3.21. The SMILES string of the molecule is CC(=CCO)C(=O)NOCC(C)C. The van der Waals surface area contributed by atoms with Gasteiger partial charge in [-0.2, -0.15) is 0 Å². The smallest absolute Gasteiger partial charge is 0.270 e. The van der Waals surface area contributed by atoms with Gasteiger partial charge in [0.1, 0.15) is 0 Å². The van der Waals surface area contributed by atoms with Crippen molar-refractivity contribution < 1.29 is 14.7 Å². The van der Waals surface area contributed by atoms with Crippen LogP contribution in [0.25, 0.3) is 0 Å². The molecule has 13 heavy (non-hydrogen) atoms. The van der Waals surface area contributed by atoms with Gasteiger partial charge in [0.05, 0.1) is 13.2 Å². The van der Waals surface area contributed by atoms with Gasteiger partial charge in [-0.25, -0.2) is 5.48 Å². The summed E-state index contributed by atoms with van der Waals surface area (Å²) in [5, 5.41) is 8.50. The Kier molecular flexibility index (Phi) is 6.18. The fraction of sp³-hybridized carbons (Fsp3) is 0.667. The number of aliphatic hydroxyl groups is 1. The molecule has 4 nitrogen and oxygen atoms in total. The highest BCUT2D eigenvalue weighted by Crippen LogP contribution is 1.93. The molecule has 76 valence electrons. The van der Waals surface area contributed by atoms with Crippen LogP contribution in [0.15, 0.2) is 11.6 Å². The summed E-state index contributed by atoms with van der Waals surface area (Å²) in [6, 6.07) is 0. The van der Waals surface area contributed by atoms with E-state index in [-0.39, 0.29) is 12.5 Å². The van der Waals surface area contributed by atoms with Crippen molar-refractivity contribution in [2.75, 3.05) is 13.2 Å². The van der Waals surface area contributed by atoms with E-state index >= 15 is 0 Å². The molecule has 0 unspecified atom stereocenters. The van der Waals surface area contributed by atoms with Crippen molar-refractivity contribution in [3.05, 3.63) is 11.6 Å². The molecule has 2 N–H and O–H groups in total. The first kappa shape index (κ1) is 12.1. The van der Waals surface area contributed by atoms with Crippen LogP contribution in [-0.4, -0.2) is 24.2 Å². The third kappa shape index (κ3) is 6.31. The van der Waals surface area contributed by atoms with Gasteiger partial charge >= 0.3 is 0 Å². The van der Waals surface area contributed by atoms with Crippen molar-refractivity contribution >= 4 is 5.91 Å². The molecular formula is C9H17NO3. The Morgan fingerprint density at radius 2 is 2.23 bits per heavy atom. The average Bonchev–Trinajstić information content (AvgIpc) is 2.04. The number of amides is 1. The molecule has 0 atom stereocenters. The number of hydrogen-bond acceptors (Lipinski definition) is 3. The molecule has 0 radical (unpaired) electrons. The molecule has 4 heteroatoms. The second kappa shape index (κ2) is 6.62. The van der Waals surface area contributed by atoms with Crippen LogP contribution >= 0.6 is 0 Å². The van der Waals surface area contributed by atoms with Gasteiger partial charge < -0.3 is 5.11 Å². The number of carbonyl (C=O) groups is 1. The highest BCUT2D eigenvalue weighted by atomic mass is 16.6. The molecule has 0 aromatic carbocycles. The van der Waals surface area contributed by atoms with E-state index in [4.69, 9.17) is 9.94 Å². The highest BCUT2D eigenvalue weighted by Gasteiger charge is 2.03. The number of aliphatic hydroxyl groups excluding tert-OH is 1. The van der Waals surface area contributed by atoms with E-state index in [0.29, 0.717) is 18.1 Å². The first-order valence-electron chi connectivity index (χ1n) is 4.27. The summed E-state index contributed by atoms with van der Waals surface area (Å²) in [6.45, 7) is 5.94. The van der Waals surface area contributed by atoms with Gasteiger partial charge in [0.25, 0.3) is 5.91 Å². The predicted molar refractivity (Wildman–Crippen MR) is 49.8 cm³/mol. The molecule has 0 heterocycles. The Labute approximate surface area is 78.5 Å². The zero-order chi connectivity index (χ0) is 10.3. The van der Waals surface area contributed by atoms with Crippen molar-refractivity contribution in [1.82, 2.24) is 5.48 Å². The Morgan fingerprint density at radius 3 is 2.69 bits per heavy atom. The molecular weight excluding hydrogens is 170 g/mol. The average molecular weight is 187 g/mol. The van der Waals surface area contributed by atoms with E-state index in [1.165, 1.54) is 6.08 Å². The van der Waals surface area contributed by atoms with E-state index < -0.39 is 0 Å². The van der Waals surface area contributed by atoms with Gasteiger partial charge in [-0.3, -0.25) is 9.63 Å². The van der Waals surface area contributed by atoms with E-state index in [1.54, 1.807) is 6.92 Å². The number of hydroxylamine groups is 1. The van der Waals surface area contributed by atoms with Crippen LogP contribution in [0.4, 0.5) is 0 Å². The normalized spacial score (nSPS) is 11.9. The van der Waals surface area contributed by atoms with Crippen LogP contribution in [0.3, 0.4) is 0 Å². The number of rotatable bonds is 5. The standard InChI is InChI=1S/C9H17NO3/c1-7(2)6-13-10-9(12)8(3)4-5-11/h4,7,11H,5-6H2,1-3H3,(H,10,12). The van der Waals surface area contributed by atoms with Gasteiger partial charge in [0.2, 0.25) is 0 Å². The molecule has 0 spiro atoms. The second-order valence-corrected chi connectivity index (χ2v) is 3.21.